The average Bonchev–Trinajstić information content (AvgIpc) is 2.67. The van der Waals surface area contributed by atoms with Crippen molar-refractivity contribution in [2.75, 3.05) is 12.3 Å². The van der Waals surface area contributed by atoms with Gasteiger partial charge in [0.25, 0.3) is 5.91 Å². The Morgan fingerprint density at radius 2 is 1.88 bits per heavy atom. The summed E-state index contributed by atoms with van der Waals surface area (Å²) in [6.45, 7) is 4.68. The molecule has 0 fully saturated rings. The molecule has 0 unspecified atom stereocenters. The van der Waals surface area contributed by atoms with Gasteiger partial charge in [0.15, 0.2) is 6.10 Å². The van der Waals surface area contributed by atoms with Crippen molar-refractivity contribution >= 4 is 29.3 Å². The molecular weight excluding hydrogens is 366 g/mol. The van der Waals surface area contributed by atoms with Crippen LogP contribution in [0.3, 0.4) is 0 Å². The molecule has 1 atom stereocenters. The van der Waals surface area contributed by atoms with E-state index in [2.05, 4.69) is 12.2 Å². The molecule has 0 aliphatic carbocycles. The van der Waals surface area contributed by atoms with Gasteiger partial charge >= 0.3 is 0 Å². The molecule has 0 spiro atoms. The van der Waals surface area contributed by atoms with Gasteiger partial charge in [0, 0.05) is 23.1 Å². The summed E-state index contributed by atoms with van der Waals surface area (Å²) in [5.41, 5.74) is 2.38. The van der Waals surface area contributed by atoms with Gasteiger partial charge in [0.05, 0.1) is 0 Å². The highest BCUT2D eigenvalue weighted by Gasteiger charge is 2.17. The summed E-state index contributed by atoms with van der Waals surface area (Å²) >= 11 is 7.89. The van der Waals surface area contributed by atoms with E-state index in [1.165, 1.54) is 5.56 Å². The van der Waals surface area contributed by atoms with Gasteiger partial charge in [-0.25, -0.2) is 0 Å². The Hall–Kier alpha value is -1.65. The number of nitrogens with one attached hydrogen (secondary N) is 1. The Morgan fingerprint density at radius 3 is 2.54 bits per heavy atom. The number of hydrogen-bond acceptors (Lipinski definition) is 3. The Bertz CT molecular complexity index is 691. The Balaban J connectivity index is 1.71. The standard InChI is InChI=1S/C21H26ClNO2S/c1-3-16-9-11-18(12-10-16)25-20(4-2)21(24)23-13-14-26-15-17-7-5-6-8-19(17)22/h5-12,20H,3-4,13-15H2,1-2H3,(H,23,24)/t20-/m1/s1. The maximum absolute atomic E-state index is 12.3. The summed E-state index contributed by atoms with van der Waals surface area (Å²) in [6, 6.07) is 15.8. The molecule has 0 aromatic heterocycles. The fraction of sp³-hybridized carbons (Fsp3) is 0.381. The van der Waals surface area contributed by atoms with Gasteiger partial charge in [0.2, 0.25) is 0 Å². The summed E-state index contributed by atoms with van der Waals surface area (Å²) in [6.07, 6.45) is 1.16. The van der Waals surface area contributed by atoms with Gasteiger partial charge in [-0.1, -0.05) is 55.8 Å². The van der Waals surface area contributed by atoms with Crippen LogP contribution < -0.4 is 10.1 Å². The minimum Gasteiger partial charge on any atom is -0.481 e. The number of thioether (sulfide) groups is 1. The number of aryl methyl sites for hydroxylation is 1. The molecule has 5 heteroatoms. The second kappa shape index (κ2) is 11.1. The van der Waals surface area contributed by atoms with Crippen LogP contribution in [-0.4, -0.2) is 24.3 Å². The number of ether oxygens (including phenoxy) is 1. The highest BCUT2D eigenvalue weighted by atomic mass is 35.5. The first kappa shape index (κ1) is 20.7. The molecule has 0 saturated carbocycles. The summed E-state index contributed by atoms with van der Waals surface area (Å²) in [4.78, 5) is 12.3. The number of halogens is 1. The lowest BCUT2D eigenvalue weighted by Gasteiger charge is -2.17. The zero-order valence-corrected chi connectivity index (χ0v) is 16.9. The third-order valence-corrected chi connectivity index (χ3v) is 5.41. The molecule has 0 radical (unpaired) electrons. The van der Waals surface area contributed by atoms with Crippen molar-refractivity contribution < 1.29 is 9.53 Å². The molecule has 26 heavy (non-hydrogen) atoms. The molecule has 2 aromatic carbocycles. The van der Waals surface area contributed by atoms with Crippen LogP contribution in [0.4, 0.5) is 0 Å². The topological polar surface area (TPSA) is 38.3 Å². The van der Waals surface area contributed by atoms with E-state index in [9.17, 15) is 4.79 Å². The van der Waals surface area contributed by atoms with Crippen molar-refractivity contribution in [2.45, 2.75) is 38.5 Å². The van der Waals surface area contributed by atoms with Crippen molar-refractivity contribution in [1.29, 1.82) is 0 Å². The lowest BCUT2D eigenvalue weighted by Crippen LogP contribution is -2.39. The fourth-order valence-electron chi connectivity index (χ4n) is 2.45. The zero-order valence-electron chi connectivity index (χ0n) is 15.3. The van der Waals surface area contributed by atoms with Gasteiger partial charge in [0.1, 0.15) is 5.75 Å². The van der Waals surface area contributed by atoms with Crippen LogP contribution in [0.15, 0.2) is 48.5 Å². The third kappa shape index (κ3) is 6.58. The summed E-state index contributed by atoms with van der Waals surface area (Å²) in [5.74, 6) is 2.34. The Morgan fingerprint density at radius 1 is 1.15 bits per heavy atom. The lowest BCUT2D eigenvalue weighted by atomic mass is 10.2. The van der Waals surface area contributed by atoms with Crippen molar-refractivity contribution in [3.8, 4) is 5.75 Å². The monoisotopic (exact) mass is 391 g/mol. The number of carbonyl (C=O) groups excluding carboxylic acids is 1. The smallest absolute Gasteiger partial charge is 0.261 e. The van der Waals surface area contributed by atoms with Gasteiger partial charge in [-0.2, -0.15) is 11.8 Å². The first-order valence-electron chi connectivity index (χ1n) is 8.98. The molecule has 0 aliphatic rings. The number of benzene rings is 2. The first-order valence-corrected chi connectivity index (χ1v) is 10.5. The minimum atomic E-state index is -0.462. The lowest BCUT2D eigenvalue weighted by molar-refractivity contribution is -0.127. The van der Waals surface area contributed by atoms with Crippen LogP contribution in [0.1, 0.15) is 31.4 Å². The highest BCUT2D eigenvalue weighted by molar-refractivity contribution is 7.98. The second-order valence-electron chi connectivity index (χ2n) is 5.95. The van der Waals surface area contributed by atoms with E-state index in [-0.39, 0.29) is 5.91 Å². The zero-order chi connectivity index (χ0) is 18.8. The maximum atomic E-state index is 12.3. The molecule has 0 aliphatic heterocycles. The van der Waals surface area contributed by atoms with Crippen LogP contribution in [0.2, 0.25) is 5.02 Å². The van der Waals surface area contributed by atoms with E-state index in [1.807, 2.05) is 55.5 Å². The van der Waals surface area contributed by atoms with Crippen molar-refractivity contribution in [2.24, 2.45) is 0 Å². The number of carbonyl (C=O) groups is 1. The number of hydrogen-bond donors (Lipinski definition) is 1. The quantitative estimate of drug-likeness (QED) is 0.572. The summed E-state index contributed by atoms with van der Waals surface area (Å²) < 4.78 is 5.83. The minimum absolute atomic E-state index is 0.0644. The highest BCUT2D eigenvalue weighted by Crippen LogP contribution is 2.20. The molecule has 140 valence electrons. The predicted molar refractivity (Wildman–Crippen MR) is 111 cm³/mol. The van der Waals surface area contributed by atoms with E-state index in [0.29, 0.717) is 13.0 Å². The van der Waals surface area contributed by atoms with E-state index in [4.69, 9.17) is 16.3 Å². The third-order valence-electron chi connectivity index (χ3n) is 4.03. The van der Waals surface area contributed by atoms with Crippen LogP contribution in [0.5, 0.6) is 5.75 Å². The normalized spacial score (nSPS) is 11.8. The molecule has 1 amide bonds. The largest absolute Gasteiger partial charge is 0.481 e. The maximum Gasteiger partial charge on any atom is 0.261 e. The molecule has 0 heterocycles. The van der Waals surface area contributed by atoms with Gasteiger partial charge in [-0.05, 0) is 42.2 Å². The second-order valence-corrected chi connectivity index (χ2v) is 7.46. The van der Waals surface area contributed by atoms with Gasteiger partial charge in [-0.15, -0.1) is 0 Å². The van der Waals surface area contributed by atoms with Crippen LogP contribution in [-0.2, 0) is 17.0 Å². The van der Waals surface area contributed by atoms with E-state index in [1.54, 1.807) is 11.8 Å². The van der Waals surface area contributed by atoms with Crippen LogP contribution in [0, 0.1) is 0 Å². The molecule has 2 rings (SSSR count). The number of rotatable bonds is 10. The molecule has 1 N–H and O–H groups in total. The van der Waals surface area contributed by atoms with E-state index >= 15 is 0 Å². The molecule has 3 nitrogen and oxygen atoms in total. The number of amides is 1. The van der Waals surface area contributed by atoms with Crippen molar-refractivity contribution in [3.63, 3.8) is 0 Å². The van der Waals surface area contributed by atoms with Crippen LogP contribution in [0.25, 0.3) is 0 Å². The van der Waals surface area contributed by atoms with E-state index < -0.39 is 6.10 Å². The van der Waals surface area contributed by atoms with Crippen molar-refractivity contribution in [1.82, 2.24) is 5.32 Å². The fourth-order valence-corrected chi connectivity index (χ4v) is 3.59. The molecule has 0 saturated heterocycles. The molecule has 0 bridgehead atoms. The van der Waals surface area contributed by atoms with Crippen molar-refractivity contribution in [3.05, 3.63) is 64.7 Å². The average molecular weight is 392 g/mol. The Labute approximate surface area is 165 Å². The van der Waals surface area contributed by atoms with Gasteiger partial charge < -0.3 is 10.1 Å². The Kier molecular flexibility index (Phi) is 8.86. The summed E-state index contributed by atoms with van der Waals surface area (Å²) in [5, 5.41) is 3.75. The first-order chi connectivity index (χ1) is 12.6. The molecular formula is C21H26ClNO2S. The van der Waals surface area contributed by atoms with Crippen LogP contribution >= 0.6 is 23.4 Å². The van der Waals surface area contributed by atoms with E-state index in [0.717, 1.165) is 34.3 Å². The SMILES string of the molecule is CCc1ccc(O[C@H](CC)C(=O)NCCSCc2ccccc2Cl)cc1. The molecule has 2 aromatic rings. The van der Waals surface area contributed by atoms with Gasteiger partial charge in [-0.3, -0.25) is 4.79 Å². The predicted octanol–water partition coefficient (Wildman–Crippen LogP) is 5.11. The summed E-state index contributed by atoms with van der Waals surface area (Å²) in [7, 11) is 0.